The van der Waals surface area contributed by atoms with Crippen LogP contribution in [0.4, 0.5) is 0 Å². The maximum atomic E-state index is 12.8. The summed E-state index contributed by atoms with van der Waals surface area (Å²) in [6, 6.07) is 0.237. The number of halogens is 1. The van der Waals surface area contributed by atoms with E-state index in [4.69, 9.17) is 5.73 Å². The van der Waals surface area contributed by atoms with Crippen molar-refractivity contribution in [1.29, 1.82) is 0 Å². The van der Waals surface area contributed by atoms with Crippen LogP contribution in [0.25, 0.3) is 0 Å². The molecule has 2 amide bonds. The lowest BCUT2D eigenvalue weighted by molar-refractivity contribution is -0.140. The van der Waals surface area contributed by atoms with E-state index in [0.29, 0.717) is 50.1 Å². The molecule has 1 aromatic heterocycles. The monoisotopic (exact) mass is 386 g/mol. The van der Waals surface area contributed by atoms with E-state index in [1.165, 1.54) is 0 Å². The molecule has 2 aliphatic heterocycles. The molecule has 0 unspecified atom stereocenters. The lowest BCUT2D eigenvalue weighted by Crippen LogP contribution is -2.57. The molecule has 0 bridgehead atoms. The van der Waals surface area contributed by atoms with Crippen molar-refractivity contribution in [3.05, 3.63) is 16.1 Å². The Morgan fingerprint density at radius 2 is 2.20 bits per heavy atom. The average molecular weight is 387 g/mol. The minimum atomic E-state index is 0. The van der Waals surface area contributed by atoms with Crippen LogP contribution in [0, 0.1) is 5.92 Å². The third-order valence-electron chi connectivity index (χ3n) is 5.04. The molecule has 0 aliphatic carbocycles. The van der Waals surface area contributed by atoms with Crippen LogP contribution < -0.4 is 5.73 Å². The van der Waals surface area contributed by atoms with Gasteiger partial charge in [0.2, 0.25) is 5.91 Å². The summed E-state index contributed by atoms with van der Waals surface area (Å²) in [7, 11) is 0. The summed E-state index contributed by atoms with van der Waals surface area (Å²) in [5, 5.41) is 2.88. The van der Waals surface area contributed by atoms with Crippen molar-refractivity contribution in [3.8, 4) is 0 Å². The highest BCUT2D eigenvalue weighted by Crippen LogP contribution is 2.32. The van der Waals surface area contributed by atoms with Gasteiger partial charge in [-0.2, -0.15) is 0 Å². The first-order valence-corrected chi connectivity index (χ1v) is 9.63. The van der Waals surface area contributed by atoms with E-state index >= 15 is 0 Å². The molecule has 2 N–H and O–H groups in total. The van der Waals surface area contributed by atoms with Crippen LogP contribution in [0.15, 0.2) is 5.38 Å². The fourth-order valence-corrected chi connectivity index (χ4v) is 4.59. The number of hydrogen-bond acceptors (Lipinski definition) is 5. The third-order valence-corrected chi connectivity index (χ3v) is 6.18. The molecule has 2 aliphatic rings. The number of amides is 2. The standard InChI is InChI=1S/C17H26N4O2S.ClH/c1-11(2)16-19-13(10-24-16)17(23)20-7-5-14-12(9-20)3-4-15(22)21(14)8-6-18;/h10-12,14H,3-9,18H2,1-2H3;1H/t12-,14+;/m0./s1. The topological polar surface area (TPSA) is 79.5 Å². The second-order valence-corrected chi connectivity index (χ2v) is 7.90. The molecule has 0 spiro atoms. The highest BCUT2D eigenvalue weighted by Gasteiger charge is 2.40. The predicted octanol–water partition coefficient (Wildman–Crippen LogP) is 2.10. The fourth-order valence-electron chi connectivity index (χ4n) is 3.78. The lowest BCUT2D eigenvalue weighted by atomic mass is 9.83. The van der Waals surface area contributed by atoms with Gasteiger partial charge in [-0.25, -0.2) is 4.98 Å². The van der Waals surface area contributed by atoms with Crippen molar-refractivity contribution in [1.82, 2.24) is 14.8 Å². The fraction of sp³-hybridized carbons (Fsp3) is 0.706. The SMILES string of the molecule is CC(C)c1nc(C(=O)N2CC[C@@H]3[C@@H](CCC(=O)N3CCN)C2)cs1.Cl. The molecule has 2 saturated heterocycles. The van der Waals surface area contributed by atoms with Crippen LogP contribution in [-0.4, -0.2) is 58.8 Å². The van der Waals surface area contributed by atoms with Crippen molar-refractivity contribution in [2.45, 2.75) is 45.1 Å². The molecule has 6 nitrogen and oxygen atoms in total. The Morgan fingerprint density at radius 1 is 1.44 bits per heavy atom. The van der Waals surface area contributed by atoms with Gasteiger partial charge < -0.3 is 15.5 Å². The summed E-state index contributed by atoms with van der Waals surface area (Å²) >= 11 is 1.55. The van der Waals surface area contributed by atoms with Gasteiger partial charge in [0.15, 0.2) is 0 Å². The molecule has 2 atom stereocenters. The predicted molar refractivity (Wildman–Crippen MR) is 101 cm³/mol. The Kier molecular flexibility index (Phi) is 6.82. The van der Waals surface area contributed by atoms with Crippen LogP contribution in [0.5, 0.6) is 0 Å². The van der Waals surface area contributed by atoms with Gasteiger partial charge in [-0.3, -0.25) is 9.59 Å². The summed E-state index contributed by atoms with van der Waals surface area (Å²) in [5.74, 6) is 0.938. The molecule has 3 rings (SSSR count). The highest BCUT2D eigenvalue weighted by molar-refractivity contribution is 7.09. The summed E-state index contributed by atoms with van der Waals surface area (Å²) in [6.07, 6.45) is 2.27. The Bertz CT molecular complexity index is 622. The van der Waals surface area contributed by atoms with E-state index in [-0.39, 0.29) is 30.3 Å². The van der Waals surface area contributed by atoms with Gasteiger partial charge in [0.05, 0.1) is 5.01 Å². The Labute approximate surface area is 159 Å². The normalized spacial score (nSPS) is 23.4. The van der Waals surface area contributed by atoms with E-state index in [1.54, 1.807) is 11.3 Å². The van der Waals surface area contributed by atoms with Crippen LogP contribution in [-0.2, 0) is 4.79 Å². The van der Waals surface area contributed by atoms with Crippen molar-refractivity contribution < 1.29 is 9.59 Å². The molecule has 8 heteroatoms. The number of thiazole rings is 1. The molecule has 1 aromatic rings. The molecule has 2 fully saturated rings. The molecular weight excluding hydrogens is 360 g/mol. The van der Waals surface area contributed by atoms with Crippen molar-refractivity contribution >= 4 is 35.6 Å². The zero-order valence-electron chi connectivity index (χ0n) is 14.8. The first-order chi connectivity index (χ1) is 11.5. The number of hydrogen-bond donors (Lipinski definition) is 1. The van der Waals surface area contributed by atoms with Gasteiger partial charge >= 0.3 is 0 Å². The minimum Gasteiger partial charge on any atom is -0.338 e. The maximum Gasteiger partial charge on any atom is 0.273 e. The first kappa shape index (κ1) is 20.1. The van der Waals surface area contributed by atoms with E-state index in [0.717, 1.165) is 17.8 Å². The number of nitrogens with two attached hydrogens (primary N) is 1. The summed E-state index contributed by atoms with van der Waals surface area (Å²) in [6.45, 7) is 6.69. The third kappa shape index (κ3) is 4.15. The zero-order valence-corrected chi connectivity index (χ0v) is 16.4. The number of piperidine rings is 2. The van der Waals surface area contributed by atoms with Gasteiger partial charge in [0, 0.05) is 49.9 Å². The number of aromatic nitrogens is 1. The van der Waals surface area contributed by atoms with Crippen molar-refractivity contribution in [2.75, 3.05) is 26.2 Å². The molecule has 0 aromatic carbocycles. The second-order valence-electron chi connectivity index (χ2n) is 7.01. The summed E-state index contributed by atoms with van der Waals surface area (Å²) in [4.78, 5) is 33.2. The van der Waals surface area contributed by atoms with Gasteiger partial charge in [0.25, 0.3) is 5.91 Å². The molecule has 25 heavy (non-hydrogen) atoms. The van der Waals surface area contributed by atoms with Crippen LogP contribution >= 0.6 is 23.7 Å². The Morgan fingerprint density at radius 3 is 2.84 bits per heavy atom. The smallest absolute Gasteiger partial charge is 0.273 e. The minimum absolute atomic E-state index is 0. The molecule has 0 saturated carbocycles. The summed E-state index contributed by atoms with van der Waals surface area (Å²) < 4.78 is 0. The molecule has 3 heterocycles. The number of likely N-dealkylation sites (tertiary alicyclic amines) is 2. The lowest BCUT2D eigenvalue weighted by Gasteiger charge is -2.46. The van der Waals surface area contributed by atoms with E-state index in [9.17, 15) is 9.59 Å². The second kappa shape index (κ2) is 8.47. The van der Waals surface area contributed by atoms with Crippen molar-refractivity contribution in [2.24, 2.45) is 11.7 Å². The van der Waals surface area contributed by atoms with Gasteiger partial charge in [-0.1, -0.05) is 13.8 Å². The van der Waals surface area contributed by atoms with Crippen molar-refractivity contribution in [3.63, 3.8) is 0 Å². The van der Waals surface area contributed by atoms with Gasteiger partial charge in [-0.05, 0) is 18.8 Å². The maximum absolute atomic E-state index is 12.8. The number of carbonyl (C=O) groups excluding carboxylic acids is 2. The number of carbonyl (C=O) groups is 2. The largest absolute Gasteiger partial charge is 0.338 e. The van der Waals surface area contributed by atoms with Crippen LogP contribution in [0.1, 0.15) is 54.5 Å². The van der Waals surface area contributed by atoms with E-state index < -0.39 is 0 Å². The van der Waals surface area contributed by atoms with E-state index in [2.05, 4.69) is 18.8 Å². The summed E-state index contributed by atoms with van der Waals surface area (Å²) in [5.41, 5.74) is 6.22. The Hall–Kier alpha value is -1.18. The van der Waals surface area contributed by atoms with Crippen LogP contribution in [0.2, 0.25) is 0 Å². The van der Waals surface area contributed by atoms with E-state index in [1.807, 2.05) is 15.2 Å². The zero-order chi connectivity index (χ0) is 17.3. The highest BCUT2D eigenvalue weighted by atomic mass is 35.5. The molecule has 140 valence electrons. The average Bonchev–Trinajstić information content (AvgIpc) is 3.07. The molecule has 0 radical (unpaired) electrons. The van der Waals surface area contributed by atoms with Gasteiger partial charge in [0.1, 0.15) is 5.69 Å². The van der Waals surface area contributed by atoms with Crippen LogP contribution in [0.3, 0.4) is 0 Å². The number of nitrogens with zero attached hydrogens (tertiary/aromatic N) is 3. The van der Waals surface area contributed by atoms with Gasteiger partial charge in [-0.15, -0.1) is 23.7 Å². The first-order valence-electron chi connectivity index (χ1n) is 8.75. The quantitative estimate of drug-likeness (QED) is 0.859. The Balaban J connectivity index is 0.00000225. The molecular formula is C17H27ClN4O2S. The number of fused-ring (bicyclic) bond motifs is 1. The number of rotatable bonds is 4.